The van der Waals surface area contributed by atoms with E-state index < -0.39 is 36.9 Å². The Morgan fingerprint density at radius 1 is 1.27 bits per heavy atom. The van der Waals surface area contributed by atoms with Gasteiger partial charge in [-0.15, -0.1) is 4.91 Å². The Hall–Kier alpha value is -1.69. The molecule has 0 radical (unpaired) electrons. The highest BCUT2D eigenvalue weighted by molar-refractivity contribution is 8.14. The number of aliphatic hydroxyl groups excluding tert-OH is 3. The zero-order valence-electron chi connectivity index (χ0n) is 11.4. The lowest BCUT2D eigenvalue weighted by Gasteiger charge is -2.22. The Morgan fingerprint density at radius 3 is 2.36 bits per heavy atom. The largest absolute Gasteiger partial charge is 0.463 e. The number of nitroso groups, excluding NO2 is 2. The van der Waals surface area contributed by atoms with E-state index in [9.17, 15) is 29.6 Å². The SMILES string of the molecule is C=CC(=O)SCCOC(=O)C(N=O)C(O)C(N=O)C(O)CO. The van der Waals surface area contributed by atoms with Gasteiger partial charge in [0.15, 0.2) is 0 Å². The van der Waals surface area contributed by atoms with Gasteiger partial charge in [0, 0.05) is 5.75 Å². The standard InChI is InChI=1S/C11H16N2O8S/c1-2-7(16)22-4-3-21-11(18)9(13-20)10(17)8(12-19)6(15)5-14/h2,6,8-10,14-15,17H,1,3-5H2. The maximum absolute atomic E-state index is 11.6. The predicted octanol–water partition coefficient (Wildman–Crippen LogP) is -1.04. The van der Waals surface area contributed by atoms with Crippen LogP contribution in [0.2, 0.25) is 0 Å². The minimum Gasteiger partial charge on any atom is -0.463 e. The Morgan fingerprint density at radius 2 is 1.91 bits per heavy atom. The van der Waals surface area contributed by atoms with Crippen LogP contribution < -0.4 is 0 Å². The zero-order chi connectivity index (χ0) is 17.1. The van der Waals surface area contributed by atoms with Crippen molar-refractivity contribution in [2.75, 3.05) is 19.0 Å². The number of nitrogens with zero attached hydrogens (tertiary/aromatic N) is 2. The van der Waals surface area contributed by atoms with Crippen LogP contribution in [0.25, 0.3) is 0 Å². The Bertz CT molecular complexity index is 419. The van der Waals surface area contributed by atoms with Gasteiger partial charge in [-0.2, -0.15) is 4.91 Å². The average molecular weight is 336 g/mol. The van der Waals surface area contributed by atoms with Gasteiger partial charge < -0.3 is 20.1 Å². The van der Waals surface area contributed by atoms with Crippen molar-refractivity contribution < 1.29 is 29.6 Å². The van der Waals surface area contributed by atoms with E-state index in [1.807, 2.05) is 0 Å². The summed E-state index contributed by atoms with van der Waals surface area (Å²) in [5, 5.41) is 32.0. The minimum atomic E-state index is -2.05. The normalized spacial score (nSPS) is 16.0. The molecule has 11 heteroatoms. The molecule has 4 unspecified atom stereocenters. The number of ether oxygens (including phenoxy) is 1. The van der Waals surface area contributed by atoms with Crippen LogP contribution in [-0.2, 0) is 14.3 Å². The fourth-order valence-electron chi connectivity index (χ4n) is 1.33. The van der Waals surface area contributed by atoms with E-state index in [0.29, 0.717) is 0 Å². The van der Waals surface area contributed by atoms with E-state index >= 15 is 0 Å². The van der Waals surface area contributed by atoms with Gasteiger partial charge in [0.1, 0.15) is 24.9 Å². The topological polar surface area (TPSA) is 163 Å². The monoisotopic (exact) mass is 336 g/mol. The van der Waals surface area contributed by atoms with E-state index in [2.05, 4.69) is 21.7 Å². The summed E-state index contributed by atoms with van der Waals surface area (Å²) in [5.41, 5.74) is 0. The van der Waals surface area contributed by atoms with Crippen LogP contribution in [0.1, 0.15) is 0 Å². The van der Waals surface area contributed by atoms with Gasteiger partial charge in [0.2, 0.25) is 11.2 Å². The second-order valence-electron chi connectivity index (χ2n) is 3.93. The molecular formula is C11H16N2O8S. The van der Waals surface area contributed by atoms with Crippen molar-refractivity contribution in [3.63, 3.8) is 0 Å². The van der Waals surface area contributed by atoms with Gasteiger partial charge in [-0.3, -0.25) is 4.79 Å². The van der Waals surface area contributed by atoms with E-state index in [0.717, 1.165) is 17.8 Å². The molecule has 0 aliphatic carbocycles. The number of hydrogen-bond acceptors (Lipinski definition) is 11. The molecule has 0 aliphatic heterocycles. The van der Waals surface area contributed by atoms with Crippen molar-refractivity contribution in [3.05, 3.63) is 22.5 Å². The summed E-state index contributed by atoms with van der Waals surface area (Å²) in [4.78, 5) is 43.6. The molecule has 22 heavy (non-hydrogen) atoms. The highest BCUT2D eigenvalue weighted by atomic mass is 32.2. The highest BCUT2D eigenvalue weighted by Crippen LogP contribution is 2.13. The van der Waals surface area contributed by atoms with E-state index in [1.165, 1.54) is 0 Å². The molecule has 0 saturated carbocycles. The van der Waals surface area contributed by atoms with Gasteiger partial charge in [0.25, 0.3) is 0 Å². The molecule has 0 spiro atoms. The van der Waals surface area contributed by atoms with Crippen molar-refractivity contribution in [1.82, 2.24) is 0 Å². The zero-order valence-corrected chi connectivity index (χ0v) is 12.2. The Labute approximate surface area is 129 Å². The molecule has 124 valence electrons. The highest BCUT2D eigenvalue weighted by Gasteiger charge is 2.39. The van der Waals surface area contributed by atoms with Crippen LogP contribution in [-0.4, -0.2) is 69.7 Å². The number of carbonyl (C=O) groups excluding carboxylic acids is 2. The summed E-state index contributed by atoms with van der Waals surface area (Å²) in [6.07, 6.45) is -2.74. The fourth-order valence-corrected chi connectivity index (χ4v) is 1.81. The van der Waals surface area contributed by atoms with Crippen molar-refractivity contribution in [2.45, 2.75) is 24.3 Å². The van der Waals surface area contributed by atoms with Crippen LogP contribution in [0, 0.1) is 9.81 Å². The third kappa shape index (κ3) is 6.39. The van der Waals surface area contributed by atoms with Gasteiger partial charge in [-0.1, -0.05) is 28.7 Å². The Balaban J connectivity index is 4.56. The molecule has 0 bridgehead atoms. The number of esters is 1. The molecular weight excluding hydrogens is 320 g/mol. The van der Waals surface area contributed by atoms with Gasteiger partial charge >= 0.3 is 5.97 Å². The van der Waals surface area contributed by atoms with Crippen molar-refractivity contribution in [2.24, 2.45) is 10.4 Å². The first-order chi connectivity index (χ1) is 10.4. The molecule has 0 fully saturated rings. The first-order valence-corrected chi connectivity index (χ1v) is 6.99. The summed E-state index contributed by atoms with van der Waals surface area (Å²) >= 11 is 0.818. The van der Waals surface area contributed by atoms with Crippen LogP contribution in [0.4, 0.5) is 0 Å². The average Bonchev–Trinajstić information content (AvgIpc) is 2.52. The van der Waals surface area contributed by atoms with Crippen LogP contribution in [0.3, 0.4) is 0 Å². The summed E-state index contributed by atoms with van der Waals surface area (Å²) in [7, 11) is 0. The number of aliphatic hydroxyl groups is 3. The summed E-state index contributed by atoms with van der Waals surface area (Å²) in [6, 6.07) is -3.82. The lowest BCUT2D eigenvalue weighted by atomic mass is 10.00. The molecule has 0 heterocycles. The lowest BCUT2D eigenvalue weighted by molar-refractivity contribution is -0.148. The van der Waals surface area contributed by atoms with Gasteiger partial charge in [-0.25, -0.2) is 4.79 Å². The first-order valence-electron chi connectivity index (χ1n) is 6.00. The molecule has 10 nitrogen and oxygen atoms in total. The van der Waals surface area contributed by atoms with Crippen LogP contribution >= 0.6 is 11.8 Å². The van der Waals surface area contributed by atoms with Crippen molar-refractivity contribution >= 4 is 22.8 Å². The molecule has 0 amide bonds. The maximum Gasteiger partial charge on any atom is 0.337 e. The second kappa shape index (κ2) is 11.0. The number of hydrogen-bond donors (Lipinski definition) is 3. The molecule has 4 atom stereocenters. The third-order valence-electron chi connectivity index (χ3n) is 2.47. The lowest BCUT2D eigenvalue weighted by Crippen LogP contribution is -2.47. The minimum absolute atomic E-state index is 0.0902. The number of carbonyl (C=O) groups is 2. The summed E-state index contributed by atoms with van der Waals surface area (Å²) < 4.78 is 4.63. The molecule has 0 aromatic rings. The molecule has 0 aliphatic rings. The van der Waals surface area contributed by atoms with Crippen molar-refractivity contribution in [1.29, 1.82) is 0 Å². The van der Waals surface area contributed by atoms with Crippen molar-refractivity contribution in [3.8, 4) is 0 Å². The summed E-state index contributed by atoms with van der Waals surface area (Å²) in [6.45, 7) is 2.09. The second-order valence-corrected chi connectivity index (χ2v) is 5.03. The Kier molecular flexibility index (Phi) is 10.1. The number of thioether (sulfide) groups is 1. The molecule has 0 rings (SSSR count). The number of rotatable bonds is 11. The van der Waals surface area contributed by atoms with Crippen LogP contribution in [0.5, 0.6) is 0 Å². The van der Waals surface area contributed by atoms with Gasteiger partial charge in [0.05, 0.1) is 6.61 Å². The molecule has 0 aromatic carbocycles. The maximum atomic E-state index is 11.6. The molecule has 0 aromatic heterocycles. The van der Waals surface area contributed by atoms with E-state index in [-0.39, 0.29) is 17.5 Å². The van der Waals surface area contributed by atoms with Gasteiger partial charge in [-0.05, 0) is 6.08 Å². The smallest absolute Gasteiger partial charge is 0.337 e. The molecule has 0 saturated heterocycles. The van der Waals surface area contributed by atoms with Crippen LogP contribution in [0.15, 0.2) is 23.0 Å². The van der Waals surface area contributed by atoms with E-state index in [1.54, 1.807) is 0 Å². The fraction of sp³-hybridized carbons (Fsp3) is 0.636. The first kappa shape index (κ1) is 20.3. The van der Waals surface area contributed by atoms with E-state index in [4.69, 9.17) is 5.11 Å². The summed E-state index contributed by atoms with van der Waals surface area (Å²) in [5.74, 6) is -1.15. The molecule has 3 N–H and O–H groups in total. The third-order valence-corrected chi connectivity index (χ3v) is 3.29. The predicted molar refractivity (Wildman–Crippen MR) is 76.9 cm³/mol. The quantitative estimate of drug-likeness (QED) is 0.185.